The van der Waals surface area contributed by atoms with Gasteiger partial charge in [0, 0.05) is 37.9 Å². The Morgan fingerprint density at radius 2 is 1.68 bits per heavy atom. The molecule has 0 unspecified atom stereocenters. The molecule has 218 valence electrons. The first-order valence-corrected chi connectivity index (χ1v) is 14.2. The average molecular weight is 570 g/mol. The van der Waals surface area contributed by atoms with Crippen molar-refractivity contribution >= 4 is 11.8 Å². The average Bonchev–Trinajstić information content (AvgIpc) is 3.40. The van der Waals surface area contributed by atoms with Crippen LogP contribution in [0.15, 0.2) is 53.6 Å². The lowest BCUT2D eigenvalue weighted by molar-refractivity contribution is -0.138. The van der Waals surface area contributed by atoms with Gasteiger partial charge < -0.3 is 14.7 Å². The van der Waals surface area contributed by atoms with Gasteiger partial charge in [0.15, 0.2) is 11.6 Å². The number of nitrogens with zero attached hydrogens (tertiary/aromatic N) is 5. The Labute approximate surface area is 236 Å². The minimum absolute atomic E-state index is 0.0226. The molecule has 41 heavy (non-hydrogen) atoms. The van der Waals surface area contributed by atoms with Gasteiger partial charge in [-0.15, -0.1) is 10.2 Å². The molecule has 2 aliphatic rings. The molecule has 1 saturated heterocycles. The lowest BCUT2D eigenvalue weighted by Crippen LogP contribution is -2.39. The van der Waals surface area contributed by atoms with E-state index >= 15 is 0 Å². The number of rotatable bonds is 10. The van der Waals surface area contributed by atoms with Crippen LogP contribution in [0.2, 0.25) is 0 Å². The maximum Gasteiger partial charge on any atom is 0.417 e. The molecule has 0 amide bonds. The van der Waals surface area contributed by atoms with E-state index in [1.54, 1.807) is 6.07 Å². The van der Waals surface area contributed by atoms with Crippen molar-refractivity contribution in [1.29, 1.82) is 0 Å². The van der Waals surface area contributed by atoms with Crippen LogP contribution in [0.4, 0.5) is 13.2 Å². The van der Waals surface area contributed by atoms with Crippen molar-refractivity contribution in [3.63, 3.8) is 0 Å². The Morgan fingerprint density at radius 1 is 0.951 bits per heavy atom. The summed E-state index contributed by atoms with van der Waals surface area (Å²) in [6.07, 6.45) is 2.33. The fourth-order valence-electron chi connectivity index (χ4n) is 5.51. The van der Waals surface area contributed by atoms with E-state index in [0.29, 0.717) is 37.6 Å². The van der Waals surface area contributed by atoms with E-state index in [0.717, 1.165) is 62.8 Å². The summed E-state index contributed by atoms with van der Waals surface area (Å²) in [5.74, 6) is 2.04. The summed E-state index contributed by atoms with van der Waals surface area (Å²) in [6, 6.07) is 13.7. The number of aromatic nitrogens is 3. The number of piperidine rings is 1. The van der Waals surface area contributed by atoms with Gasteiger partial charge in [0.05, 0.1) is 12.2 Å². The third-order valence-electron chi connectivity index (χ3n) is 7.73. The molecule has 0 saturated carbocycles. The second kappa shape index (κ2) is 12.7. The van der Waals surface area contributed by atoms with Crippen molar-refractivity contribution in [3.8, 4) is 17.1 Å². The first kappa shape index (κ1) is 28.6. The Hall–Kier alpha value is -3.89. The van der Waals surface area contributed by atoms with Crippen LogP contribution in [0.1, 0.15) is 74.2 Å². The predicted molar refractivity (Wildman–Crippen MR) is 148 cm³/mol. The minimum Gasteiger partial charge on any atom is -0.494 e. The molecule has 1 N–H and O–H groups in total. The third-order valence-corrected chi connectivity index (χ3v) is 7.73. The molecule has 0 aliphatic carbocycles. The molecule has 0 bridgehead atoms. The number of likely N-dealkylation sites (tertiary alicyclic amines) is 1. The van der Waals surface area contributed by atoms with Crippen molar-refractivity contribution in [2.75, 3.05) is 19.7 Å². The highest BCUT2D eigenvalue weighted by molar-refractivity contribution is 5.83. The van der Waals surface area contributed by atoms with Gasteiger partial charge in [-0.25, -0.2) is 0 Å². The highest BCUT2D eigenvalue weighted by Gasteiger charge is 2.35. The van der Waals surface area contributed by atoms with Gasteiger partial charge in [-0.05, 0) is 55.4 Å². The molecule has 3 aromatic rings. The zero-order chi connectivity index (χ0) is 28.8. The number of carbonyl (C=O) groups is 1. The van der Waals surface area contributed by atoms with Crippen LogP contribution in [0.3, 0.4) is 0 Å². The number of benzene rings is 2. The lowest BCUT2D eigenvalue weighted by atomic mass is 9.89. The van der Waals surface area contributed by atoms with Crippen LogP contribution in [-0.4, -0.2) is 56.4 Å². The SMILES string of the molecule is O=C(O)CCCCCCOc1ccc(C2CCN(C3=Nn4c(nnc4-c4ccccc4C(F)(F)F)CC3)CC2)cc1. The fourth-order valence-corrected chi connectivity index (χ4v) is 5.51. The second-order valence-corrected chi connectivity index (χ2v) is 10.5. The van der Waals surface area contributed by atoms with Gasteiger partial charge >= 0.3 is 12.1 Å². The highest BCUT2D eigenvalue weighted by atomic mass is 19.4. The number of carboxylic acid groups (broad SMARTS) is 1. The highest BCUT2D eigenvalue weighted by Crippen LogP contribution is 2.37. The Kier molecular flexibility index (Phi) is 8.90. The van der Waals surface area contributed by atoms with Crippen LogP contribution >= 0.6 is 0 Å². The molecule has 11 heteroatoms. The first-order chi connectivity index (χ1) is 19.8. The monoisotopic (exact) mass is 569 g/mol. The summed E-state index contributed by atoms with van der Waals surface area (Å²) in [4.78, 5) is 12.8. The molecule has 0 atom stereocenters. The quantitative estimate of drug-likeness (QED) is 0.286. The Balaban J connectivity index is 1.15. The molecular formula is C30H34F3N5O3. The molecular weight excluding hydrogens is 535 g/mol. The molecule has 2 aromatic carbocycles. The van der Waals surface area contributed by atoms with Gasteiger partial charge in [-0.2, -0.15) is 22.9 Å². The van der Waals surface area contributed by atoms with Gasteiger partial charge in [-0.3, -0.25) is 4.79 Å². The number of halogens is 3. The van der Waals surface area contributed by atoms with Crippen LogP contribution in [0, 0.1) is 0 Å². The number of fused-ring (bicyclic) bond motifs is 1. The van der Waals surface area contributed by atoms with Crippen LogP contribution < -0.4 is 4.74 Å². The number of hydrogen-bond donors (Lipinski definition) is 1. The smallest absolute Gasteiger partial charge is 0.417 e. The number of hydrogen-bond acceptors (Lipinski definition) is 6. The molecule has 2 aliphatic heterocycles. The zero-order valence-corrected chi connectivity index (χ0v) is 22.8. The number of amidine groups is 1. The molecule has 5 rings (SSSR count). The molecule has 0 spiro atoms. The third kappa shape index (κ3) is 7.07. The van der Waals surface area contributed by atoms with Gasteiger partial charge in [0.1, 0.15) is 11.6 Å². The Morgan fingerprint density at radius 3 is 2.41 bits per heavy atom. The van der Waals surface area contributed by atoms with Crippen LogP contribution in [0.25, 0.3) is 11.4 Å². The summed E-state index contributed by atoms with van der Waals surface area (Å²) in [5, 5.41) is 21.6. The van der Waals surface area contributed by atoms with Crippen molar-refractivity contribution in [2.45, 2.75) is 69.9 Å². The van der Waals surface area contributed by atoms with E-state index in [1.165, 1.54) is 22.4 Å². The largest absolute Gasteiger partial charge is 0.494 e. The maximum absolute atomic E-state index is 13.6. The summed E-state index contributed by atoms with van der Waals surface area (Å²) < 4.78 is 48.3. The molecule has 0 radical (unpaired) electrons. The summed E-state index contributed by atoms with van der Waals surface area (Å²) in [5.41, 5.74) is 0.497. The van der Waals surface area contributed by atoms with E-state index in [2.05, 4.69) is 27.2 Å². The van der Waals surface area contributed by atoms with E-state index in [1.807, 2.05) is 12.1 Å². The van der Waals surface area contributed by atoms with E-state index in [4.69, 9.17) is 14.9 Å². The standard InChI is InChI=1S/C30H34F3N5O3/c31-30(32,33)25-8-5-4-7-24(25)29-35-34-26-14-15-27(36-38(26)29)37-18-16-22(17-19-37)21-10-12-23(13-11-21)41-20-6-2-1-3-9-28(39)40/h4-5,7-8,10-13,22H,1-3,6,9,14-20H2,(H,39,40). The van der Waals surface area contributed by atoms with Crippen LogP contribution in [-0.2, 0) is 17.4 Å². The van der Waals surface area contributed by atoms with Gasteiger partial charge in [-0.1, -0.05) is 43.2 Å². The fraction of sp³-hybridized carbons (Fsp3) is 0.467. The summed E-state index contributed by atoms with van der Waals surface area (Å²) >= 11 is 0. The topological polar surface area (TPSA) is 92.8 Å². The zero-order valence-electron chi connectivity index (χ0n) is 22.8. The number of alkyl halides is 3. The normalized spacial score (nSPS) is 15.9. The van der Waals surface area contributed by atoms with E-state index in [-0.39, 0.29) is 17.8 Å². The minimum atomic E-state index is -4.50. The Bertz CT molecular complexity index is 1360. The summed E-state index contributed by atoms with van der Waals surface area (Å²) in [7, 11) is 0. The first-order valence-electron chi connectivity index (χ1n) is 14.2. The number of unbranched alkanes of at least 4 members (excludes halogenated alkanes) is 3. The predicted octanol–water partition coefficient (Wildman–Crippen LogP) is 6.37. The van der Waals surface area contributed by atoms with E-state index < -0.39 is 17.7 Å². The van der Waals surface area contributed by atoms with Crippen LogP contribution in [0.5, 0.6) is 5.75 Å². The van der Waals surface area contributed by atoms with Crippen molar-refractivity contribution in [3.05, 3.63) is 65.5 Å². The maximum atomic E-state index is 13.6. The summed E-state index contributed by atoms with van der Waals surface area (Å²) in [6.45, 7) is 2.25. The van der Waals surface area contributed by atoms with Gasteiger partial charge in [0.2, 0.25) is 0 Å². The second-order valence-electron chi connectivity index (χ2n) is 10.5. The number of aryl methyl sites for hydroxylation is 1. The lowest BCUT2D eigenvalue weighted by Gasteiger charge is -2.35. The molecule has 1 aromatic heterocycles. The van der Waals surface area contributed by atoms with Crippen molar-refractivity contribution in [2.24, 2.45) is 5.10 Å². The molecule has 3 heterocycles. The van der Waals surface area contributed by atoms with E-state index in [9.17, 15) is 18.0 Å². The number of ether oxygens (including phenoxy) is 1. The molecule has 8 nitrogen and oxygen atoms in total. The van der Waals surface area contributed by atoms with Crippen molar-refractivity contribution < 1.29 is 27.8 Å². The number of carboxylic acids is 1. The van der Waals surface area contributed by atoms with Gasteiger partial charge in [0.25, 0.3) is 0 Å². The number of aliphatic carboxylic acids is 1. The van der Waals surface area contributed by atoms with Crippen molar-refractivity contribution in [1.82, 2.24) is 19.8 Å². The molecule has 1 fully saturated rings.